The van der Waals surface area contributed by atoms with Gasteiger partial charge < -0.3 is 10.5 Å². The lowest BCUT2D eigenvalue weighted by Crippen LogP contribution is -2.14. The fourth-order valence-corrected chi connectivity index (χ4v) is 0.511. The molecule has 60 valence electrons. The SMILES string of the molecule is COC(=O)Cn1nnnc1N. The van der Waals surface area contributed by atoms with Gasteiger partial charge in [-0.05, 0) is 10.4 Å². The molecule has 0 unspecified atom stereocenters. The minimum absolute atomic E-state index is 0.0602. The maximum atomic E-state index is 10.6. The van der Waals surface area contributed by atoms with Crippen molar-refractivity contribution < 1.29 is 9.53 Å². The number of ether oxygens (including phenoxy) is 1. The van der Waals surface area contributed by atoms with E-state index in [0.29, 0.717) is 0 Å². The van der Waals surface area contributed by atoms with Gasteiger partial charge in [-0.3, -0.25) is 4.79 Å². The van der Waals surface area contributed by atoms with Crippen molar-refractivity contribution in [2.45, 2.75) is 6.54 Å². The number of rotatable bonds is 2. The third-order valence-electron chi connectivity index (χ3n) is 1.07. The standard InChI is InChI=1S/C4H7N5O2/c1-11-3(10)2-9-4(5)6-7-8-9/h2H2,1H3,(H2,5,6,8). The van der Waals surface area contributed by atoms with E-state index in [4.69, 9.17) is 5.73 Å². The summed E-state index contributed by atoms with van der Waals surface area (Å²) >= 11 is 0. The van der Waals surface area contributed by atoms with Crippen molar-refractivity contribution in [1.29, 1.82) is 0 Å². The van der Waals surface area contributed by atoms with E-state index < -0.39 is 5.97 Å². The molecule has 1 heterocycles. The first-order valence-electron chi connectivity index (χ1n) is 2.82. The van der Waals surface area contributed by atoms with Crippen LogP contribution in [0.3, 0.4) is 0 Å². The average molecular weight is 157 g/mol. The fraction of sp³-hybridized carbons (Fsp3) is 0.500. The van der Waals surface area contributed by atoms with Crippen molar-refractivity contribution in [3.63, 3.8) is 0 Å². The van der Waals surface area contributed by atoms with Gasteiger partial charge in [0.1, 0.15) is 6.54 Å². The smallest absolute Gasteiger partial charge is 0.327 e. The lowest BCUT2D eigenvalue weighted by molar-refractivity contribution is -0.141. The van der Waals surface area contributed by atoms with Crippen LogP contribution >= 0.6 is 0 Å². The Balaban J connectivity index is 2.64. The van der Waals surface area contributed by atoms with Gasteiger partial charge in [-0.25, -0.2) is 4.68 Å². The maximum Gasteiger partial charge on any atom is 0.327 e. The van der Waals surface area contributed by atoms with Crippen molar-refractivity contribution in [2.75, 3.05) is 12.8 Å². The van der Waals surface area contributed by atoms with E-state index in [1.807, 2.05) is 0 Å². The number of esters is 1. The zero-order valence-corrected chi connectivity index (χ0v) is 5.89. The van der Waals surface area contributed by atoms with Crippen molar-refractivity contribution in [3.05, 3.63) is 0 Å². The summed E-state index contributed by atoms with van der Waals surface area (Å²) in [5.74, 6) is -0.348. The number of hydrogen-bond acceptors (Lipinski definition) is 6. The van der Waals surface area contributed by atoms with E-state index >= 15 is 0 Å². The first kappa shape index (κ1) is 7.45. The Morgan fingerprint density at radius 1 is 1.82 bits per heavy atom. The van der Waals surface area contributed by atoms with Crippen LogP contribution < -0.4 is 5.73 Å². The lowest BCUT2D eigenvalue weighted by atomic mass is 10.6. The first-order chi connectivity index (χ1) is 5.24. The van der Waals surface area contributed by atoms with Gasteiger partial charge in [-0.15, -0.1) is 0 Å². The number of nitrogens with zero attached hydrogens (tertiary/aromatic N) is 4. The van der Waals surface area contributed by atoms with E-state index in [1.54, 1.807) is 0 Å². The molecule has 0 aliphatic heterocycles. The highest BCUT2D eigenvalue weighted by Gasteiger charge is 2.06. The van der Waals surface area contributed by atoms with E-state index in [9.17, 15) is 4.79 Å². The van der Waals surface area contributed by atoms with Crippen LogP contribution in [-0.2, 0) is 16.1 Å². The molecule has 0 aliphatic rings. The Labute approximate surface area is 62.1 Å². The summed E-state index contributed by atoms with van der Waals surface area (Å²) in [6.07, 6.45) is 0. The Bertz CT molecular complexity index is 257. The summed E-state index contributed by atoms with van der Waals surface area (Å²) in [5, 5.41) is 10.0. The van der Waals surface area contributed by atoms with E-state index in [0.717, 1.165) is 4.68 Å². The highest BCUT2D eigenvalue weighted by Crippen LogP contribution is 1.91. The van der Waals surface area contributed by atoms with Crippen molar-refractivity contribution >= 4 is 11.9 Å². The summed E-state index contributed by atoms with van der Waals surface area (Å²) in [5.41, 5.74) is 5.26. The van der Waals surface area contributed by atoms with Gasteiger partial charge in [-0.2, -0.15) is 0 Å². The molecule has 7 nitrogen and oxygen atoms in total. The lowest BCUT2D eigenvalue weighted by Gasteiger charge is -1.97. The number of tetrazole rings is 1. The number of hydrogen-bond donors (Lipinski definition) is 1. The molecule has 0 aliphatic carbocycles. The first-order valence-corrected chi connectivity index (χ1v) is 2.82. The summed E-state index contributed by atoms with van der Waals surface area (Å²) in [6, 6.07) is 0. The molecule has 0 aromatic carbocycles. The Morgan fingerprint density at radius 3 is 3.00 bits per heavy atom. The number of methoxy groups -OCH3 is 1. The van der Waals surface area contributed by atoms with Crippen molar-refractivity contribution in [2.24, 2.45) is 0 Å². The highest BCUT2D eigenvalue weighted by atomic mass is 16.5. The second-order valence-corrected chi connectivity index (χ2v) is 1.77. The maximum absolute atomic E-state index is 10.6. The molecule has 7 heteroatoms. The van der Waals surface area contributed by atoms with Crippen molar-refractivity contribution in [3.8, 4) is 0 Å². The molecule has 0 amide bonds. The largest absolute Gasteiger partial charge is 0.468 e. The molecule has 0 saturated carbocycles. The van der Waals surface area contributed by atoms with Gasteiger partial charge in [0.2, 0.25) is 5.95 Å². The summed E-state index contributed by atoms with van der Waals surface area (Å²) in [7, 11) is 1.28. The quantitative estimate of drug-likeness (QED) is 0.521. The minimum Gasteiger partial charge on any atom is -0.468 e. The Morgan fingerprint density at radius 2 is 2.55 bits per heavy atom. The summed E-state index contributed by atoms with van der Waals surface area (Å²) < 4.78 is 5.51. The topological polar surface area (TPSA) is 95.9 Å². The minimum atomic E-state index is -0.441. The molecule has 1 aromatic rings. The number of nitrogens with two attached hydrogens (primary N) is 1. The average Bonchev–Trinajstić information content (AvgIpc) is 2.37. The zero-order chi connectivity index (χ0) is 8.27. The monoisotopic (exact) mass is 157 g/mol. The van der Waals surface area contributed by atoms with Crippen LogP contribution in [0.1, 0.15) is 0 Å². The molecule has 1 rings (SSSR count). The van der Waals surface area contributed by atoms with Gasteiger partial charge >= 0.3 is 5.97 Å². The number of carbonyl (C=O) groups is 1. The van der Waals surface area contributed by atoms with Crippen LogP contribution in [0.15, 0.2) is 0 Å². The molecule has 0 fully saturated rings. The Kier molecular flexibility index (Phi) is 2.00. The molecule has 0 spiro atoms. The molecule has 2 N–H and O–H groups in total. The summed E-state index contributed by atoms with van der Waals surface area (Å²) in [6.45, 7) is -0.0602. The fourth-order valence-electron chi connectivity index (χ4n) is 0.511. The van der Waals surface area contributed by atoms with Crippen LogP contribution in [0.4, 0.5) is 5.95 Å². The predicted octanol–water partition coefficient (Wildman–Crippen LogP) is -1.57. The predicted molar refractivity (Wildman–Crippen MR) is 34.2 cm³/mol. The van der Waals surface area contributed by atoms with Crippen LogP contribution in [0.5, 0.6) is 0 Å². The number of nitrogen functional groups attached to an aromatic ring is 1. The van der Waals surface area contributed by atoms with Gasteiger partial charge in [0, 0.05) is 0 Å². The third kappa shape index (κ3) is 1.63. The Hall–Kier alpha value is -1.66. The second-order valence-electron chi connectivity index (χ2n) is 1.77. The molecule has 0 saturated heterocycles. The van der Waals surface area contributed by atoms with E-state index in [2.05, 4.69) is 20.3 Å². The highest BCUT2D eigenvalue weighted by molar-refractivity contribution is 5.69. The van der Waals surface area contributed by atoms with E-state index in [1.165, 1.54) is 7.11 Å². The third-order valence-corrected chi connectivity index (χ3v) is 1.07. The molecule has 0 atom stereocenters. The van der Waals surface area contributed by atoms with Crippen molar-refractivity contribution in [1.82, 2.24) is 20.2 Å². The second kappa shape index (κ2) is 2.95. The number of anilines is 1. The van der Waals surface area contributed by atoms with Gasteiger partial charge in [-0.1, -0.05) is 5.10 Å². The van der Waals surface area contributed by atoms with Gasteiger partial charge in [0.25, 0.3) is 0 Å². The molecule has 0 bridgehead atoms. The van der Waals surface area contributed by atoms with Crippen LogP contribution in [0, 0.1) is 0 Å². The number of aromatic nitrogens is 4. The van der Waals surface area contributed by atoms with Crippen LogP contribution in [0.25, 0.3) is 0 Å². The van der Waals surface area contributed by atoms with Crippen LogP contribution in [0.2, 0.25) is 0 Å². The van der Waals surface area contributed by atoms with Gasteiger partial charge in [0.05, 0.1) is 7.11 Å². The molecule has 11 heavy (non-hydrogen) atoms. The molecule has 1 aromatic heterocycles. The van der Waals surface area contributed by atoms with E-state index in [-0.39, 0.29) is 12.5 Å². The van der Waals surface area contributed by atoms with Gasteiger partial charge in [0.15, 0.2) is 0 Å². The molecular weight excluding hydrogens is 150 g/mol. The normalized spacial score (nSPS) is 9.55. The molecular formula is C4H7N5O2. The number of carbonyl (C=O) groups excluding carboxylic acids is 1. The molecule has 0 radical (unpaired) electrons. The van der Waals surface area contributed by atoms with Crippen LogP contribution in [-0.4, -0.2) is 33.3 Å². The summed E-state index contributed by atoms with van der Waals surface area (Å²) in [4.78, 5) is 10.6. The zero-order valence-electron chi connectivity index (χ0n) is 5.89.